The van der Waals surface area contributed by atoms with E-state index in [-0.39, 0.29) is 6.04 Å². The van der Waals surface area contributed by atoms with Gasteiger partial charge in [-0.15, -0.1) is 0 Å². The minimum atomic E-state index is 0.00494. The third kappa shape index (κ3) is 4.08. The normalized spacial score (nSPS) is 12.2. The highest BCUT2D eigenvalue weighted by atomic mass is 79.9. The Morgan fingerprint density at radius 2 is 1.86 bits per heavy atom. The topological polar surface area (TPSA) is 29.3 Å². The van der Waals surface area contributed by atoms with Gasteiger partial charge in [-0.25, -0.2) is 0 Å². The van der Waals surface area contributed by atoms with E-state index in [1.807, 2.05) is 6.92 Å². The zero-order chi connectivity index (χ0) is 15.2. The van der Waals surface area contributed by atoms with Crippen molar-refractivity contribution in [2.24, 2.45) is 5.73 Å². The van der Waals surface area contributed by atoms with Crippen molar-refractivity contribution in [3.63, 3.8) is 0 Å². The number of benzene rings is 2. The van der Waals surface area contributed by atoms with Crippen LogP contribution in [-0.4, -0.2) is 6.54 Å². The summed E-state index contributed by atoms with van der Waals surface area (Å²) in [5.41, 5.74) is 9.77. The summed E-state index contributed by atoms with van der Waals surface area (Å²) in [7, 11) is 0. The number of halogens is 1. The standard InChI is InChI=1S/C18H23BrN2/c1-3-4-12-21(16-8-6-5-7-9-16)18-11-10-15(19)13-17(18)14(2)20/h5-11,13-14H,3-4,12,20H2,1-2H3. The molecular formula is C18H23BrN2. The van der Waals surface area contributed by atoms with E-state index >= 15 is 0 Å². The lowest BCUT2D eigenvalue weighted by molar-refractivity contribution is 0.768. The first kappa shape index (κ1) is 16.1. The molecule has 0 bridgehead atoms. The van der Waals surface area contributed by atoms with Crippen LogP contribution in [0.4, 0.5) is 11.4 Å². The van der Waals surface area contributed by atoms with Gasteiger partial charge in [-0.05, 0) is 49.2 Å². The van der Waals surface area contributed by atoms with Crippen LogP contribution in [0, 0.1) is 0 Å². The van der Waals surface area contributed by atoms with Crippen molar-refractivity contribution in [1.29, 1.82) is 0 Å². The first-order valence-corrected chi connectivity index (χ1v) is 8.30. The Kier molecular flexibility index (Phi) is 5.83. The molecule has 1 unspecified atom stereocenters. The Labute approximate surface area is 136 Å². The molecule has 2 rings (SSSR count). The Bertz CT molecular complexity index is 567. The van der Waals surface area contributed by atoms with Crippen LogP contribution in [0.3, 0.4) is 0 Å². The van der Waals surface area contributed by atoms with Crippen molar-refractivity contribution in [2.75, 3.05) is 11.4 Å². The van der Waals surface area contributed by atoms with Crippen molar-refractivity contribution in [2.45, 2.75) is 32.7 Å². The average Bonchev–Trinajstić information content (AvgIpc) is 2.49. The summed E-state index contributed by atoms with van der Waals surface area (Å²) in [6.07, 6.45) is 2.33. The summed E-state index contributed by atoms with van der Waals surface area (Å²) in [5, 5.41) is 0. The Morgan fingerprint density at radius 3 is 2.48 bits per heavy atom. The highest BCUT2D eigenvalue weighted by Gasteiger charge is 2.15. The van der Waals surface area contributed by atoms with Crippen LogP contribution in [0.1, 0.15) is 38.3 Å². The fourth-order valence-electron chi connectivity index (χ4n) is 2.45. The van der Waals surface area contributed by atoms with E-state index in [4.69, 9.17) is 5.73 Å². The molecule has 112 valence electrons. The van der Waals surface area contributed by atoms with E-state index in [1.54, 1.807) is 0 Å². The quantitative estimate of drug-likeness (QED) is 0.757. The number of rotatable bonds is 6. The SMILES string of the molecule is CCCCN(c1ccccc1)c1ccc(Br)cc1C(C)N. The van der Waals surface area contributed by atoms with E-state index in [0.717, 1.165) is 17.4 Å². The molecule has 0 aliphatic carbocycles. The van der Waals surface area contributed by atoms with Crippen molar-refractivity contribution in [3.8, 4) is 0 Å². The Hall–Kier alpha value is -1.32. The predicted molar refractivity (Wildman–Crippen MR) is 95.1 cm³/mol. The van der Waals surface area contributed by atoms with Gasteiger partial charge in [0.1, 0.15) is 0 Å². The molecule has 0 saturated carbocycles. The van der Waals surface area contributed by atoms with E-state index in [1.165, 1.54) is 23.4 Å². The average molecular weight is 347 g/mol. The maximum atomic E-state index is 6.18. The summed E-state index contributed by atoms with van der Waals surface area (Å²) in [5.74, 6) is 0. The van der Waals surface area contributed by atoms with Crippen molar-refractivity contribution in [3.05, 3.63) is 58.6 Å². The molecule has 2 N–H and O–H groups in total. The van der Waals surface area contributed by atoms with E-state index in [2.05, 4.69) is 76.3 Å². The number of nitrogens with two attached hydrogens (primary N) is 1. The number of hydrogen-bond acceptors (Lipinski definition) is 2. The monoisotopic (exact) mass is 346 g/mol. The lowest BCUT2D eigenvalue weighted by atomic mass is 10.0. The van der Waals surface area contributed by atoms with Crippen molar-refractivity contribution in [1.82, 2.24) is 0 Å². The molecule has 0 fully saturated rings. The van der Waals surface area contributed by atoms with Crippen LogP contribution < -0.4 is 10.6 Å². The molecule has 21 heavy (non-hydrogen) atoms. The highest BCUT2D eigenvalue weighted by molar-refractivity contribution is 9.10. The molecule has 3 heteroatoms. The molecule has 2 aromatic carbocycles. The van der Waals surface area contributed by atoms with Gasteiger partial charge in [0, 0.05) is 28.4 Å². The molecule has 2 nitrogen and oxygen atoms in total. The molecule has 0 radical (unpaired) electrons. The largest absolute Gasteiger partial charge is 0.341 e. The van der Waals surface area contributed by atoms with Gasteiger partial charge in [0.05, 0.1) is 0 Å². The number of unbranched alkanes of at least 4 members (excludes halogenated alkanes) is 1. The smallest absolute Gasteiger partial charge is 0.0459 e. The van der Waals surface area contributed by atoms with Gasteiger partial charge in [0.15, 0.2) is 0 Å². The third-order valence-electron chi connectivity index (χ3n) is 3.57. The first-order valence-electron chi connectivity index (χ1n) is 7.51. The first-order chi connectivity index (χ1) is 10.1. The maximum absolute atomic E-state index is 6.18. The molecular weight excluding hydrogens is 324 g/mol. The number of nitrogens with zero attached hydrogens (tertiary/aromatic N) is 1. The molecule has 2 aromatic rings. The minimum absolute atomic E-state index is 0.00494. The number of para-hydroxylation sites is 1. The van der Waals surface area contributed by atoms with Gasteiger partial charge in [0.2, 0.25) is 0 Å². The van der Waals surface area contributed by atoms with Gasteiger partial charge in [-0.1, -0.05) is 47.5 Å². The predicted octanol–water partition coefficient (Wildman–Crippen LogP) is 5.41. The van der Waals surface area contributed by atoms with Gasteiger partial charge < -0.3 is 10.6 Å². The van der Waals surface area contributed by atoms with Crippen LogP contribution in [0.5, 0.6) is 0 Å². The van der Waals surface area contributed by atoms with Crippen LogP contribution in [0.25, 0.3) is 0 Å². The lowest BCUT2D eigenvalue weighted by Gasteiger charge is -2.28. The van der Waals surface area contributed by atoms with Crippen LogP contribution >= 0.6 is 15.9 Å². The van der Waals surface area contributed by atoms with Crippen LogP contribution in [-0.2, 0) is 0 Å². The van der Waals surface area contributed by atoms with Crippen molar-refractivity contribution >= 4 is 27.3 Å². The van der Waals surface area contributed by atoms with E-state index in [0.29, 0.717) is 0 Å². The molecule has 0 aliphatic heterocycles. The lowest BCUT2D eigenvalue weighted by Crippen LogP contribution is -2.21. The van der Waals surface area contributed by atoms with Gasteiger partial charge in [0.25, 0.3) is 0 Å². The molecule has 1 atom stereocenters. The summed E-state index contributed by atoms with van der Waals surface area (Å²) in [4.78, 5) is 2.37. The zero-order valence-corrected chi connectivity index (χ0v) is 14.3. The van der Waals surface area contributed by atoms with Crippen LogP contribution in [0.15, 0.2) is 53.0 Å². The molecule has 0 spiro atoms. The Balaban J connectivity index is 2.46. The molecule has 0 heterocycles. The molecule has 0 saturated heterocycles. The fourth-order valence-corrected chi connectivity index (χ4v) is 2.83. The third-order valence-corrected chi connectivity index (χ3v) is 4.07. The van der Waals surface area contributed by atoms with E-state index < -0.39 is 0 Å². The molecule has 0 aromatic heterocycles. The molecule has 0 aliphatic rings. The second-order valence-corrected chi connectivity index (χ2v) is 6.25. The summed E-state index contributed by atoms with van der Waals surface area (Å²) < 4.78 is 1.07. The Morgan fingerprint density at radius 1 is 1.14 bits per heavy atom. The second-order valence-electron chi connectivity index (χ2n) is 5.33. The van der Waals surface area contributed by atoms with Gasteiger partial charge in [-0.3, -0.25) is 0 Å². The van der Waals surface area contributed by atoms with Crippen molar-refractivity contribution < 1.29 is 0 Å². The van der Waals surface area contributed by atoms with Crippen LogP contribution in [0.2, 0.25) is 0 Å². The summed E-state index contributed by atoms with van der Waals surface area (Å²) in [6, 6.07) is 16.9. The zero-order valence-electron chi connectivity index (χ0n) is 12.7. The van der Waals surface area contributed by atoms with Gasteiger partial charge in [-0.2, -0.15) is 0 Å². The van der Waals surface area contributed by atoms with Gasteiger partial charge >= 0.3 is 0 Å². The second kappa shape index (κ2) is 7.62. The number of hydrogen-bond donors (Lipinski definition) is 1. The summed E-state index contributed by atoms with van der Waals surface area (Å²) in [6.45, 7) is 5.26. The minimum Gasteiger partial charge on any atom is -0.341 e. The maximum Gasteiger partial charge on any atom is 0.0459 e. The molecule has 0 amide bonds. The highest BCUT2D eigenvalue weighted by Crippen LogP contribution is 2.33. The fraction of sp³-hybridized carbons (Fsp3) is 0.333. The number of anilines is 2. The summed E-state index contributed by atoms with van der Waals surface area (Å²) >= 11 is 3.55. The van der Waals surface area contributed by atoms with E-state index in [9.17, 15) is 0 Å².